The van der Waals surface area contributed by atoms with E-state index in [1.165, 1.54) is 45.4 Å². The molecule has 4 nitrogen and oxygen atoms in total. The molecule has 6 rings (SSSR count). The number of benzene rings is 4. The molecule has 0 amide bonds. The molecule has 1 aliphatic carbocycles. The van der Waals surface area contributed by atoms with Crippen molar-refractivity contribution in [3.63, 3.8) is 0 Å². The number of allylic oxidation sites excluding steroid dienone is 9. The van der Waals surface area contributed by atoms with Crippen LogP contribution in [0, 0.1) is 12.8 Å². The predicted octanol–water partition coefficient (Wildman–Crippen LogP) is 14.7. The van der Waals surface area contributed by atoms with Crippen LogP contribution in [0.1, 0.15) is 100 Å². The smallest absolute Gasteiger partial charge is 0.0409 e. The van der Waals surface area contributed by atoms with Gasteiger partial charge in [0.1, 0.15) is 0 Å². The predicted molar refractivity (Wildman–Crippen MR) is 272 cm³/mol. The summed E-state index contributed by atoms with van der Waals surface area (Å²) in [5, 5.41) is 4.05. The van der Waals surface area contributed by atoms with Crippen molar-refractivity contribution in [2.45, 2.75) is 85.2 Å². The van der Waals surface area contributed by atoms with Gasteiger partial charge in [-0.05, 0) is 127 Å². The van der Waals surface area contributed by atoms with Gasteiger partial charge in [0.2, 0.25) is 0 Å². The van der Waals surface area contributed by atoms with Crippen molar-refractivity contribution >= 4 is 29.8 Å². The second kappa shape index (κ2) is 25.5. The van der Waals surface area contributed by atoms with E-state index in [0.717, 1.165) is 40.8 Å². The lowest BCUT2D eigenvalue weighted by Gasteiger charge is -2.45. The first kappa shape index (κ1) is 49.3. The number of nitrogens with zero attached hydrogens (tertiary/aromatic N) is 2. The molecule has 4 aromatic carbocycles. The molecule has 4 heteroatoms. The average molecular weight is 811 g/mol. The Morgan fingerprint density at radius 2 is 1.49 bits per heavy atom. The molecule has 0 spiro atoms. The van der Waals surface area contributed by atoms with E-state index in [2.05, 4.69) is 197 Å². The van der Waals surface area contributed by atoms with E-state index in [9.17, 15) is 0 Å². The first-order valence-corrected chi connectivity index (χ1v) is 21.6. The molecule has 0 bridgehead atoms. The number of aryl methyl sites for hydroxylation is 1. The van der Waals surface area contributed by atoms with Gasteiger partial charge in [0, 0.05) is 42.7 Å². The first-order chi connectivity index (χ1) is 29.6. The van der Waals surface area contributed by atoms with Gasteiger partial charge in [-0.3, -0.25) is 9.98 Å². The lowest BCUT2D eigenvalue weighted by atomic mass is 9.73. The number of hydrogen-bond acceptors (Lipinski definition) is 4. The van der Waals surface area contributed by atoms with Crippen LogP contribution in [0.5, 0.6) is 0 Å². The summed E-state index contributed by atoms with van der Waals surface area (Å²) < 4.78 is 0. The number of fused-ring (bicyclic) bond motifs is 1. The second-order valence-corrected chi connectivity index (χ2v) is 15.3. The second-order valence-electron chi connectivity index (χ2n) is 15.3. The lowest BCUT2D eigenvalue weighted by Crippen LogP contribution is -2.53. The Kier molecular flexibility index (Phi) is 20.6. The third kappa shape index (κ3) is 14.0. The molecule has 2 aliphatic rings. The van der Waals surface area contributed by atoms with E-state index in [1.54, 1.807) is 6.20 Å². The summed E-state index contributed by atoms with van der Waals surface area (Å²) in [6.45, 7) is 28.2. The molecule has 1 fully saturated rings. The van der Waals surface area contributed by atoms with Crippen LogP contribution >= 0.6 is 0 Å². The fourth-order valence-corrected chi connectivity index (χ4v) is 7.88. The van der Waals surface area contributed by atoms with Crippen molar-refractivity contribution in [1.29, 1.82) is 0 Å². The van der Waals surface area contributed by atoms with Crippen molar-refractivity contribution in [2.75, 3.05) is 7.05 Å². The number of piperidine rings is 1. The number of nitrogens with one attached hydrogen (secondary N) is 1. The highest BCUT2D eigenvalue weighted by atomic mass is 15.0. The minimum Gasteiger partial charge on any atom is -0.398 e. The molecular formula is C57H70N4. The van der Waals surface area contributed by atoms with Crippen LogP contribution in [0.3, 0.4) is 0 Å². The first-order valence-electron chi connectivity index (χ1n) is 21.6. The summed E-state index contributed by atoms with van der Waals surface area (Å²) in [6.07, 6.45) is 23.9. The normalized spacial score (nSPS) is 20.0. The number of hydrogen-bond donors (Lipinski definition) is 2. The quantitative estimate of drug-likeness (QED) is 0.0900. The Balaban J connectivity index is 0.000000328. The monoisotopic (exact) mass is 811 g/mol. The van der Waals surface area contributed by atoms with Gasteiger partial charge in [-0.2, -0.15) is 0 Å². The third-order valence-corrected chi connectivity index (χ3v) is 11.2. The fourth-order valence-electron chi connectivity index (χ4n) is 7.88. The summed E-state index contributed by atoms with van der Waals surface area (Å²) in [4.78, 5) is 7.99. The van der Waals surface area contributed by atoms with E-state index >= 15 is 0 Å². The molecule has 4 aromatic rings. The van der Waals surface area contributed by atoms with Gasteiger partial charge in [0.15, 0.2) is 0 Å². The Morgan fingerprint density at radius 3 is 2.10 bits per heavy atom. The van der Waals surface area contributed by atoms with Crippen molar-refractivity contribution in [1.82, 2.24) is 5.32 Å². The molecule has 3 unspecified atom stereocenters. The third-order valence-electron chi connectivity index (χ3n) is 11.2. The number of rotatable bonds is 11. The molecule has 0 radical (unpaired) electrons. The summed E-state index contributed by atoms with van der Waals surface area (Å²) >= 11 is 0. The van der Waals surface area contributed by atoms with Crippen LogP contribution in [0.15, 0.2) is 187 Å². The van der Waals surface area contributed by atoms with E-state index in [-0.39, 0.29) is 5.54 Å². The van der Waals surface area contributed by atoms with Crippen LogP contribution in [0.4, 0.5) is 0 Å². The van der Waals surface area contributed by atoms with E-state index in [1.807, 2.05) is 52.3 Å². The van der Waals surface area contributed by atoms with Gasteiger partial charge in [-0.15, -0.1) is 13.2 Å². The molecule has 1 heterocycles. The van der Waals surface area contributed by atoms with Crippen molar-refractivity contribution in [3.05, 3.63) is 211 Å². The van der Waals surface area contributed by atoms with Gasteiger partial charge in [-0.1, -0.05) is 166 Å². The zero-order valence-electron chi connectivity index (χ0n) is 38.2. The van der Waals surface area contributed by atoms with Crippen LogP contribution in [0.2, 0.25) is 0 Å². The van der Waals surface area contributed by atoms with E-state index in [0.29, 0.717) is 17.9 Å². The minimum absolute atomic E-state index is 0.0492. The molecule has 0 saturated carbocycles. The number of aliphatic imine (C=N–C) groups is 2. The summed E-state index contributed by atoms with van der Waals surface area (Å²) in [7, 11) is 1.81. The summed E-state index contributed by atoms with van der Waals surface area (Å²) in [5.41, 5.74) is 20.5. The van der Waals surface area contributed by atoms with Gasteiger partial charge in [0.05, 0.1) is 0 Å². The maximum Gasteiger partial charge on any atom is 0.0409 e. The van der Waals surface area contributed by atoms with Crippen molar-refractivity contribution in [3.8, 4) is 11.1 Å². The molecule has 61 heavy (non-hydrogen) atoms. The maximum atomic E-state index is 6.25. The van der Waals surface area contributed by atoms with Crippen LogP contribution < -0.4 is 11.1 Å². The van der Waals surface area contributed by atoms with Crippen LogP contribution in [-0.4, -0.2) is 26.0 Å². The Labute approximate surface area is 369 Å². The fraction of sp³-hybridized carbons (Fsp3) is 0.263. The zero-order chi connectivity index (χ0) is 44.8. The molecule has 1 aliphatic heterocycles. The van der Waals surface area contributed by atoms with E-state index < -0.39 is 0 Å². The van der Waals surface area contributed by atoms with Gasteiger partial charge < -0.3 is 11.1 Å². The highest BCUT2D eigenvalue weighted by Gasteiger charge is 2.38. The molecule has 0 aromatic heterocycles. The summed E-state index contributed by atoms with van der Waals surface area (Å²) in [5.74, 6) is 0.881. The SMILES string of the molecule is C=C.C=C/C(=C\C)c1ccc(/C(N)=C/C(C)c2ccccc2)cc1.C=N/C=C\C=C1\C=CC2CC[C@@](C)(c3cc(C)cc(-c4ccc(/C(C=NC)=C/C)cc4)c3)NC2C1.CC. The Morgan fingerprint density at radius 1 is 0.869 bits per heavy atom. The highest BCUT2D eigenvalue weighted by Crippen LogP contribution is 2.40. The number of nitrogens with two attached hydrogens (primary N) is 1. The molecule has 1 saturated heterocycles. The van der Waals surface area contributed by atoms with Crippen LogP contribution in [-0.2, 0) is 5.54 Å². The summed E-state index contributed by atoms with van der Waals surface area (Å²) in [6, 6.07) is 35.0. The van der Waals surface area contributed by atoms with Crippen molar-refractivity contribution < 1.29 is 0 Å². The Hall–Kier alpha value is -6.10. The minimum atomic E-state index is -0.0492. The average Bonchev–Trinajstić information content (AvgIpc) is 3.30. The van der Waals surface area contributed by atoms with Gasteiger partial charge in [0.25, 0.3) is 0 Å². The van der Waals surface area contributed by atoms with Crippen molar-refractivity contribution in [2.24, 2.45) is 21.6 Å². The standard InChI is InChI=1S/C32H37N3.C21H23N.C2H6.C2H4/c1-6-25(22-34-5)26-11-13-27(14-12-26)29-18-23(2)19-30(21-29)32(3)16-15-28-10-9-24(8-7-17-33-4)20-31(28)35-32;1-4-17(5-2)19-11-13-20(14-12-19)21(22)15-16(3)18-9-7-6-8-10-18;2*1-2/h6-14,17-19,21-22,28,31,35H,4,15-16,20H2,1-3,5H3;4-16H,1,22H2,2-3H3;1-2H3;1-2H2/b17-7-,24-8-,25-6+,34-22?;17-5+,21-15-;;/t28?,31?,32-;;;/m0.../s1. The van der Waals surface area contributed by atoms with Gasteiger partial charge >= 0.3 is 0 Å². The molecular weight excluding hydrogens is 741 g/mol. The zero-order valence-corrected chi connectivity index (χ0v) is 38.2. The van der Waals surface area contributed by atoms with Gasteiger partial charge in [-0.25, -0.2) is 0 Å². The Bertz CT molecular complexity index is 2210. The largest absolute Gasteiger partial charge is 0.398 e. The maximum absolute atomic E-state index is 6.25. The van der Waals surface area contributed by atoms with Crippen LogP contribution in [0.25, 0.3) is 28.0 Å². The highest BCUT2D eigenvalue weighted by molar-refractivity contribution is 6.09. The molecule has 3 N–H and O–H groups in total. The topological polar surface area (TPSA) is 62.8 Å². The lowest BCUT2D eigenvalue weighted by molar-refractivity contribution is 0.183. The molecule has 318 valence electrons. The molecule has 4 atom stereocenters. The van der Waals surface area contributed by atoms with E-state index in [4.69, 9.17) is 5.73 Å².